The summed E-state index contributed by atoms with van der Waals surface area (Å²) in [5.74, 6) is 0.761. The normalized spacial score (nSPS) is 13.2. The predicted molar refractivity (Wildman–Crippen MR) is 193 cm³/mol. The largest absolute Gasteiger partial charge is 0.394 e. The zero-order chi connectivity index (χ0) is 32.4. The van der Waals surface area contributed by atoms with Gasteiger partial charge in [0.2, 0.25) is 5.91 Å². The smallest absolute Gasteiger partial charge is 0.220 e. The SMILES string of the molecule is CCCCCCCCCCCCCCCCCCCCCCC(=O)N[C@@H](CO)[C@H](O)/C=C/CCCCCCCCCC(C)C. The molecule has 0 aliphatic heterocycles. The highest BCUT2D eigenvalue weighted by molar-refractivity contribution is 5.76. The molecule has 44 heavy (non-hydrogen) atoms. The van der Waals surface area contributed by atoms with Gasteiger partial charge in [-0.15, -0.1) is 0 Å². The van der Waals surface area contributed by atoms with Crippen LogP contribution in [0, 0.1) is 5.92 Å². The van der Waals surface area contributed by atoms with E-state index >= 15 is 0 Å². The number of carbonyl (C=O) groups is 1. The summed E-state index contributed by atoms with van der Waals surface area (Å²) in [5.41, 5.74) is 0. The van der Waals surface area contributed by atoms with Crippen molar-refractivity contribution in [1.29, 1.82) is 0 Å². The topological polar surface area (TPSA) is 69.6 Å². The van der Waals surface area contributed by atoms with Crippen LogP contribution in [0.3, 0.4) is 0 Å². The van der Waals surface area contributed by atoms with E-state index in [1.54, 1.807) is 6.08 Å². The van der Waals surface area contributed by atoms with Gasteiger partial charge in [-0.2, -0.15) is 0 Å². The number of aliphatic hydroxyl groups excluding tert-OH is 2. The molecule has 0 aliphatic rings. The van der Waals surface area contributed by atoms with Gasteiger partial charge in [0.15, 0.2) is 0 Å². The minimum atomic E-state index is -0.834. The fraction of sp³-hybridized carbons (Fsp3) is 0.925. The van der Waals surface area contributed by atoms with E-state index in [0.717, 1.165) is 31.6 Å². The van der Waals surface area contributed by atoms with Gasteiger partial charge in [0, 0.05) is 6.42 Å². The molecule has 0 saturated heterocycles. The molecule has 4 nitrogen and oxygen atoms in total. The number of hydrogen-bond acceptors (Lipinski definition) is 3. The number of allylic oxidation sites excluding steroid dienone is 1. The predicted octanol–water partition coefficient (Wildman–Crippen LogP) is 11.8. The van der Waals surface area contributed by atoms with Crippen molar-refractivity contribution in [1.82, 2.24) is 5.32 Å². The maximum absolute atomic E-state index is 12.3. The number of hydrogen-bond donors (Lipinski definition) is 3. The molecule has 0 aromatic rings. The number of nitrogens with one attached hydrogen (secondary N) is 1. The lowest BCUT2D eigenvalue weighted by molar-refractivity contribution is -0.123. The highest BCUT2D eigenvalue weighted by atomic mass is 16.3. The van der Waals surface area contributed by atoms with E-state index in [9.17, 15) is 15.0 Å². The highest BCUT2D eigenvalue weighted by Crippen LogP contribution is 2.16. The average Bonchev–Trinajstić information content (AvgIpc) is 3.01. The van der Waals surface area contributed by atoms with Crippen molar-refractivity contribution in [2.75, 3.05) is 6.61 Å². The molecule has 0 heterocycles. The molecule has 1 amide bonds. The Kier molecular flexibility index (Phi) is 34.3. The third kappa shape index (κ3) is 32.5. The monoisotopic (exact) mass is 622 g/mol. The Morgan fingerprint density at radius 3 is 1.39 bits per heavy atom. The molecule has 0 unspecified atom stereocenters. The molecule has 262 valence electrons. The Morgan fingerprint density at radius 1 is 0.591 bits per heavy atom. The first kappa shape index (κ1) is 43.1. The molecular weight excluding hydrogens is 542 g/mol. The zero-order valence-electron chi connectivity index (χ0n) is 30.1. The highest BCUT2D eigenvalue weighted by Gasteiger charge is 2.17. The molecule has 0 bridgehead atoms. The second kappa shape index (κ2) is 35.0. The molecule has 0 rings (SSSR count). The second-order valence-corrected chi connectivity index (χ2v) is 14.2. The van der Waals surface area contributed by atoms with Crippen molar-refractivity contribution in [3.8, 4) is 0 Å². The number of unbranched alkanes of at least 4 members (excludes halogenated alkanes) is 26. The third-order valence-electron chi connectivity index (χ3n) is 9.20. The molecule has 0 fully saturated rings. The number of amides is 1. The molecular formula is C40H79NO3. The summed E-state index contributed by atoms with van der Waals surface area (Å²) >= 11 is 0. The minimum Gasteiger partial charge on any atom is -0.394 e. The summed E-state index contributed by atoms with van der Waals surface area (Å²) in [6, 6.07) is -0.616. The van der Waals surface area contributed by atoms with Crippen molar-refractivity contribution in [3.63, 3.8) is 0 Å². The van der Waals surface area contributed by atoms with E-state index in [4.69, 9.17) is 0 Å². The lowest BCUT2D eigenvalue weighted by Gasteiger charge is -2.20. The number of aliphatic hydroxyl groups is 2. The summed E-state index contributed by atoms with van der Waals surface area (Å²) < 4.78 is 0. The maximum Gasteiger partial charge on any atom is 0.220 e. The molecule has 3 N–H and O–H groups in total. The van der Waals surface area contributed by atoms with Crippen molar-refractivity contribution < 1.29 is 15.0 Å². The van der Waals surface area contributed by atoms with Crippen LogP contribution in [-0.4, -0.2) is 34.9 Å². The van der Waals surface area contributed by atoms with Gasteiger partial charge >= 0.3 is 0 Å². The van der Waals surface area contributed by atoms with Crippen LogP contribution >= 0.6 is 0 Å². The molecule has 0 spiro atoms. The van der Waals surface area contributed by atoms with Gasteiger partial charge < -0.3 is 15.5 Å². The van der Waals surface area contributed by atoms with Crippen molar-refractivity contribution in [2.24, 2.45) is 5.92 Å². The molecule has 2 atom stereocenters. The van der Waals surface area contributed by atoms with Gasteiger partial charge in [-0.3, -0.25) is 4.79 Å². The van der Waals surface area contributed by atoms with Crippen LogP contribution in [0.15, 0.2) is 12.2 Å². The van der Waals surface area contributed by atoms with Gasteiger partial charge in [-0.25, -0.2) is 0 Å². The maximum atomic E-state index is 12.3. The summed E-state index contributed by atoms with van der Waals surface area (Å²) in [7, 11) is 0. The summed E-state index contributed by atoms with van der Waals surface area (Å²) in [6.07, 6.45) is 41.7. The fourth-order valence-electron chi connectivity index (χ4n) is 6.13. The molecule has 0 radical (unpaired) electrons. The van der Waals surface area contributed by atoms with E-state index in [0.29, 0.717) is 6.42 Å². The molecule has 4 heteroatoms. The van der Waals surface area contributed by atoms with E-state index in [-0.39, 0.29) is 12.5 Å². The Balaban J connectivity index is 3.53. The fourth-order valence-corrected chi connectivity index (χ4v) is 6.13. The van der Waals surface area contributed by atoms with Gasteiger partial charge in [0.25, 0.3) is 0 Å². The van der Waals surface area contributed by atoms with Crippen molar-refractivity contribution in [3.05, 3.63) is 12.2 Å². The van der Waals surface area contributed by atoms with Crippen LogP contribution in [-0.2, 0) is 4.79 Å². The van der Waals surface area contributed by atoms with Crippen LogP contribution in [0.1, 0.15) is 213 Å². The Bertz CT molecular complexity index is 605. The van der Waals surface area contributed by atoms with Crippen LogP contribution in [0.25, 0.3) is 0 Å². The molecule has 0 aromatic heterocycles. The van der Waals surface area contributed by atoms with E-state index in [1.165, 1.54) is 161 Å². The van der Waals surface area contributed by atoms with Crippen LogP contribution < -0.4 is 5.32 Å². The Labute approximate surface area is 276 Å². The second-order valence-electron chi connectivity index (χ2n) is 14.2. The van der Waals surface area contributed by atoms with Gasteiger partial charge in [0.05, 0.1) is 18.8 Å². The van der Waals surface area contributed by atoms with E-state index in [2.05, 4.69) is 26.1 Å². The van der Waals surface area contributed by atoms with Crippen molar-refractivity contribution >= 4 is 5.91 Å². The first-order chi connectivity index (χ1) is 21.5. The zero-order valence-corrected chi connectivity index (χ0v) is 30.1. The molecule has 0 saturated carbocycles. The van der Waals surface area contributed by atoms with Crippen LogP contribution in [0.2, 0.25) is 0 Å². The van der Waals surface area contributed by atoms with E-state index in [1.807, 2.05) is 6.08 Å². The quantitative estimate of drug-likeness (QED) is 0.0487. The Hall–Kier alpha value is -0.870. The first-order valence-electron chi connectivity index (χ1n) is 19.8. The average molecular weight is 622 g/mol. The summed E-state index contributed by atoms with van der Waals surface area (Å²) in [5, 5.41) is 22.9. The van der Waals surface area contributed by atoms with E-state index < -0.39 is 12.1 Å². The van der Waals surface area contributed by atoms with Gasteiger partial charge in [-0.1, -0.05) is 200 Å². The number of carbonyl (C=O) groups excluding carboxylic acids is 1. The number of rotatable bonds is 35. The van der Waals surface area contributed by atoms with Gasteiger partial charge in [0.1, 0.15) is 0 Å². The lowest BCUT2D eigenvalue weighted by Crippen LogP contribution is -2.45. The van der Waals surface area contributed by atoms with Crippen LogP contribution in [0.4, 0.5) is 0 Å². The van der Waals surface area contributed by atoms with Crippen LogP contribution in [0.5, 0.6) is 0 Å². The van der Waals surface area contributed by atoms with Crippen molar-refractivity contribution in [2.45, 2.75) is 226 Å². The molecule has 0 aromatic carbocycles. The summed E-state index contributed by atoms with van der Waals surface area (Å²) in [4.78, 5) is 12.3. The lowest BCUT2D eigenvalue weighted by atomic mass is 10.0. The minimum absolute atomic E-state index is 0.0627. The summed E-state index contributed by atoms with van der Waals surface area (Å²) in [6.45, 7) is 6.64. The first-order valence-corrected chi connectivity index (χ1v) is 19.8. The molecule has 0 aliphatic carbocycles. The standard InChI is InChI=1S/C40H79NO3/c1-4-5-6-7-8-9-10-11-12-13-14-15-16-17-18-19-23-26-29-32-35-40(44)41-38(36-42)39(43)34-31-28-25-22-20-21-24-27-30-33-37(2)3/h31,34,37-39,42-43H,4-30,32-33,35-36H2,1-3H3,(H,41,44)/b34-31+/t38-,39+/m0/s1. The third-order valence-corrected chi connectivity index (χ3v) is 9.20. The Morgan fingerprint density at radius 2 is 0.977 bits per heavy atom. The van der Waals surface area contributed by atoms with Gasteiger partial charge in [-0.05, 0) is 25.2 Å².